The molecule has 0 spiro atoms. The predicted octanol–water partition coefficient (Wildman–Crippen LogP) is 3.97. The van der Waals surface area contributed by atoms with Gasteiger partial charge in [-0.2, -0.15) is 0 Å². The van der Waals surface area contributed by atoms with E-state index in [9.17, 15) is 0 Å². The molecular formula is C9H8BrNS2. The van der Waals surface area contributed by atoms with Gasteiger partial charge in [0, 0.05) is 16.0 Å². The summed E-state index contributed by atoms with van der Waals surface area (Å²) in [5.74, 6) is 0. The molecule has 2 aromatic rings. The molecule has 4 heteroatoms. The normalized spacial score (nSPS) is 10.9. The second-order valence-electron chi connectivity index (χ2n) is 2.65. The number of halogens is 1. The van der Waals surface area contributed by atoms with Crippen molar-refractivity contribution in [3.63, 3.8) is 0 Å². The summed E-state index contributed by atoms with van der Waals surface area (Å²) >= 11 is 6.95. The number of thioether (sulfide) groups is 1. The van der Waals surface area contributed by atoms with Crippen molar-refractivity contribution >= 4 is 54.8 Å². The van der Waals surface area contributed by atoms with E-state index >= 15 is 0 Å². The van der Waals surface area contributed by atoms with Gasteiger partial charge in [0.2, 0.25) is 0 Å². The summed E-state index contributed by atoms with van der Waals surface area (Å²) in [6.07, 6.45) is 2.07. The van der Waals surface area contributed by atoms with Crippen LogP contribution in [-0.4, -0.2) is 6.26 Å². The molecule has 0 radical (unpaired) electrons. The number of hydrogen-bond donors (Lipinski definition) is 1. The molecule has 1 heterocycles. The molecule has 1 nitrogen and oxygen atoms in total. The van der Waals surface area contributed by atoms with Crippen LogP contribution in [0.15, 0.2) is 26.9 Å². The maximum atomic E-state index is 5.87. The minimum atomic E-state index is 0.819. The molecule has 0 aliphatic heterocycles. The van der Waals surface area contributed by atoms with Crippen LogP contribution in [0.5, 0.6) is 0 Å². The molecule has 0 saturated heterocycles. The zero-order chi connectivity index (χ0) is 9.42. The maximum Gasteiger partial charge on any atom is 0.0583 e. The van der Waals surface area contributed by atoms with Crippen LogP contribution in [-0.2, 0) is 0 Å². The van der Waals surface area contributed by atoms with Gasteiger partial charge in [0.1, 0.15) is 0 Å². The Labute approximate surface area is 93.4 Å². The summed E-state index contributed by atoms with van der Waals surface area (Å²) in [6.45, 7) is 0. The van der Waals surface area contributed by atoms with E-state index in [0.717, 1.165) is 10.2 Å². The molecule has 0 aliphatic rings. The number of nitrogen functional groups attached to an aromatic ring is 1. The van der Waals surface area contributed by atoms with Gasteiger partial charge in [0.05, 0.1) is 9.17 Å². The number of nitrogens with two attached hydrogens (primary N) is 1. The first-order valence-electron chi connectivity index (χ1n) is 3.73. The highest BCUT2D eigenvalue weighted by molar-refractivity contribution is 9.10. The zero-order valence-electron chi connectivity index (χ0n) is 7.00. The molecule has 0 unspecified atom stereocenters. The minimum Gasteiger partial charge on any atom is -0.398 e. The van der Waals surface area contributed by atoms with Gasteiger partial charge in [0.15, 0.2) is 0 Å². The fourth-order valence-corrected chi connectivity index (χ4v) is 3.43. The lowest BCUT2D eigenvalue weighted by Crippen LogP contribution is -1.87. The molecule has 2 N–H and O–H groups in total. The Hall–Kier alpha value is -0.190. The predicted molar refractivity (Wildman–Crippen MR) is 65.7 cm³/mol. The molecule has 68 valence electrons. The Morgan fingerprint density at radius 2 is 2.31 bits per heavy atom. The highest BCUT2D eigenvalue weighted by Gasteiger charge is 2.08. The first-order valence-corrected chi connectivity index (χ1v) is 6.63. The first kappa shape index (κ1) is 9.37. The molecule has 0 atom stereocenters. The lowest BCUT2D eigenvalue weighted by molar-refractivity contribution is 1.55. The third-order valence-electron chi connectivity index (χ3n) is 1.89. The molecule has 1 aromatic heterocycles. The number of benzene rings is 1. The number of fused-ring (bicyclic) bond motifs is 1. The first-order chi connectivity index (χ1) is 6.24. The summed E-state index contributed by atoms with van der Waals surface area (Å²) in [6, 6.07) is 4.15. The fourth-order valence-electron chi connectivity index (χ4n) is 1.26. The van der Waals surface area contributed by atoms with Gasteiger partial charge >= 0.3 is 0 Å². The van der Waals surface area contributed by atoms with Crippen molar-refractivity contribution in [3.8, 4) is 0 Å². The topological polar surface area (TPSA) is 26.0 Å². The van der Waals surface area contributed by atoms with E-state index in [0.29, 0.717) is 0 Å². The second-order valence-corrected chi connectivity index (χ2v) is 5.20. The molecule has 0 aliphatic carbocycles. The number of anilines is 1. The van der Waals surface area contributed by atoms with Gasteiger partial charge in [-0.15, -0.1) is 23.1 Å². The summed E-state index contributed by atoms with van der Waals surface area (Å²) in [7, 11) is 0. The Morgan fingerprint density at radius 3 is 3.00 bits per heavy atom. The van der Waals surface area contributed by atoms with Crippen LogP contribution < -0.4 is 5.73 Å². The minimum absolute atomic E-state index is 0.819. The Bertz CT molecular complexity index is 450. The van der Waals surface area contributed by atoms with Crippen LogP contribution in [0.2, 0.25) is 0 Å². The lowest BCUT2D eigenvalue weighted by atomic mass is 10.2. The van der Waals surface area contributed by atoms with Gasteiger partial charge in [-0.1, -0.05) is 0 Å². The Balaban J connectivity index is 2.87. The molecular weight excluding hydrogens is 266 g/mol. The SMILES string of the molecule is CSc1cc(N)c(Br)c2sccc12. The maximum absolute atomic E-state index is 5.87. The van der Waals surface area contributed by atoms with Gasteiger partial charge in [-0.25, -0.2) is 0 Å². The average molecular weight is 274 g/mol. The monoisotopic (exact) mass is 273 g/mol. The molecule has 0 bridgehead atoms. The molecule has 2 rings (SSSR count). The van der Waals surface area contributed by atoms with E-state index in [4.69, 9.17) is 5.73 Å². The molecule has 0 fully saturated rings. The van der Waals surface area contributed by atoms with Crippen molar-refractivity contribution in [1.82, 2.24) is 0 Å². The van der Waals surface area contributed by atoms with Crippen molar-refractivity contribution in [1.29, 1.82) is 0 Å². The molecule has 13 heavy (non-hydrogen) atoms. The summed E-state index contributed by atoms with van der Waals surface area (Å²) in [5.41, 5.74) is 6.69. The average Bonchev–Trinajstić information content (AvgIpc) is 2.60. The number of rotatable bonds is 1. The Morgan fingerprint density at radius 1 is 1.54 bits per heavy atom. The van der Waals surface area contributed by atoms with Crippen LogP contribution in [0.4, 0.5) is 5.69 Å². The highest BCUT2D eigenvalue weighted by Crippen LogP contribution is 2.39. The summed E-state index contributed by atoms with van der Waals surface area (Å²) in [5, 5.41) is 3.38. The standard InChI is InChI=1S/C9H8BrNS2/c1-12-7-4-6(11)8(10)9-5(7)2-3-13-9/h2-4H,11H2,1H3. The van der Waals surface area contributed by atoms with Crippen molar-refractivity contribution in [3.05, 3.63) is 22.0 Å². The van der Waals surface area contributed by atoms with E-state index in [2.05, 4.69) is 33.6 Å². The summed E-state index contributed by atoms with van der Waals surface area (Å²) in [4.78, 5) is 1.25. The number of thiophene rings is 1. The second kappa shape index (κ2) is 3.52. The van der Waals surface area contributed by atoms with Crippen LogP contribution in [0, 0.1) is 0 Å². The third-order valence-corrected chi connectivity index (χ3v) is 4.72. The Kier molecular flexibility index (Phi) is 2.53. The van der Waals surface area contributed by atoms with E-state index < -0.39 is 0 Å². The van der Waals surface area contributed by atoms with E-state index in [1.165, 1.54) is 15.0 Å². The molecule has 1 aromatic carbocycles. The number of hydrogen-bond acceptors (Lipinski definition) is 3. The van der Waals surface area contributed by atoms with Crippen LogP contribution >= 0.6 is 39.0 Å². The van der Waals surface area contributed by atoms with Crippen molar-refractivity contribution < 1.29 is 0 Å². The largest absolute Gasteiger partial charge is 0.398 e. The quantitative estimate of drug-likeness (QED) is 0.629. The molecule has 0 amide bonds. The fraction of sp³-hybridized carbons (Fsp3) is 0.111. The van der Waals surface area contributed by atoms with Crippen LogP contribution in [0.3, 0.4) is 0 Å². The van der Waals surface area contributed by atoms with Gasteiger partial charge < -0.3 is 5.73 Å². The van der Waals surface area contributed by atoms with E-state index in [-0.39, 0.29) is 0 Å². The van der Waals surface area contributed by atoms with Crippen LogP contribution in [0.1, 0.15) is 0 Å². The van der Waals surface area contributed by atoms with Crippen molar-refractivity contribution in [2.75, 3.05) is 12.0 Å². The van der Waals surface area contributed by atoms with Crippen LogP contribution in [0.25, 0.3) is 10.1 Å². The third kappa shape index (κ3) is 1.47. The van der Waals surface area contributed by atoms with Crippen molar-refractivity contribution in [2.24, 2.45) is 0 Å². The van der Waals surface area contributed by atoms with Gasteiger partial charge in [0.25, 0.3) is 0 Å². The summed E-state index contributed by atoms with van der Waals surface area (Å²) < 4.78 is 2.26. The highest BCUT2D eigenvalue weighted by atomic mass is 79.9. The van der Waals surface area contributed by atoms with E-state index in [1.807, 2.05) is 6.07 Å². The molecule has 0 saturated carbocycles. The smallest absolute Gasteiger partial charge is 0.0583 e. The van der Waals surface area contributed by atoms with Gasteiger partial charge in [-0.3, -0.25) is 0 Å². The van der Waals surface area contributed by atoms with E-state index in [1.54, 1.807) is 23.1 Å². The lowest BCUT2D eigenvalue weighted by Gasteiger charge is -2.04. The van der Waals surface area contributed by atoms with Gasteiger partial charge in [-0.05, 0) is 39.7 Å². The van der Waals surface area contributed by atoms with Crippen molar-refractivity contribution in [2.45, 2.75) is 4.90 Å². The zero-order valence-corrected chi connectivity index (χ0v) is 10.2.